The monoisotopic (exact) mass is 340 g/mol. The first-order valence-electron chi connectivity index (χ1n) is 7.45. The van der Waals surface area contributed by atoms with Crippen molar-refractivity contribution in [2.45, 2.75) is 0 Å². The van der Waals surface area contributed by atoms with Crippen LogP contribution in [0.5, 0.6) is 17.2 Å². The lowest BCUT2D eigenvalue weighted by molar-refractivity contribution is -0.123. The van der Waals surface area contributed by atoms with Crippen LogP contribution in [0.15, 0.2) is 48.2 Å². The Morgan fingerprint density at radius 1 is 1.20 bits per heavy atom. The van der Waals surface area contributed by atoms with Crippen molar-refractivity contribution >= 4 is 17.8 Å². The van der Waals surface area contributed by atoms with Crippen LogP contribution in [0.3, 0.4) is 0 Å². The Morgan fingerprint density at radius 3 is 2.60 bits per heavy atom. The zero-order valence-electron chi connectivity index (χ0n) is 13.4. The van der Waals surface area contributed by atoms with Crippen LogP contribution in [0.1, 0.15) is 15.9 Å². The highest BCUT2D eigenvalue weighted by molar-refractivity contribution is 6.14. The largest absolute Gasteiger partial charge is 0.497 e. The normalized spacial score (nSPS) is 14.0. The van der Waals surface area contributed by atoms with Gasteiger partial charge in [-0.3, -0.25) is 15.0 Å². The lowest BCUT2D eigenvalue weighted by Crippen LogP contribution is -2.34. The first kappa shape index (κ1) is 16.5. The third kappa shape index (κ3) is 3.61. The van der Waals surface area contributed by atoms with E-state index in [0.717, 1.165) is 11.3 Å². The molecule has 0 spiro atoms. The van der Waals surface area contributed by atoms with E-state index in [0.29, 0.717) is 17.1 Å². The molecule has 1 aliphatic heterocycles. The molecule has 0 unspecified atom stereocenters. The van der Waals surface area contributed by atoms with Gasteiger partial charge in [0.05, 0.1) is 12.7 Å². The molecule has 1 heterocycles. The summed E-state index contributed by atoms with van der Waals surface area (Å²) in [4.78, 5) is 23.5. The molecule has 128 valence electrons. The second-order valence-corrected chi connectivity index (χ2v) is 5.23. The second kappa shape index (κ2) is 7.06. The van der Waals surface area contributed by atoms with Gasteiger partial charge in [-0.15, -0.1) is 0 Å². The highest BCUT2D eigenvalue weighted by Gasteiger charge is 2.27. The fourth-order valence-electron chi connectivity index (χ4n) is 2.30. The Hall–Kier alpha value is -3.32. The molecule has 2 aromatic rings. The number of rotatable bonds is 5. The molecule has 3 rings (SSSR count). The van der Waals surface area contributed by atoms with Crippen LogP contribution < -0.4 is 25.5 Å². The van der Waals surface area contributed by atoms with Crippen molar-refractivity contribution in [2.75, 3.05) is 13.7 Å². The summed E-state index contributed by atoms with van der Waals surface area (Å²) < 4.78 is 16.0. The predicted octanol–water partition coefficient (Wildman–Crippen LogP) is 1.68. The highest BCUT2D eigenvalue weighted by Crippen LogP contribution is 2.35. The smallest absolute Gasteiger partial charge is 0.271 e. The molecule has 25 heavy (non-hydrogen) atoms. The number of ether oxygens (including phenoxy) is 3. The minimum atomic E-state index is -0.461. The lowest BCUT2D eigenvalue weighted by atomic mass is 10.1. The predicted molar refractivity (Wildman–Crippen MR) is 90.2 cm³/mol. The molecule has 3 N–H and O–H groups in total. The van der Waals surface area contributed by atoms with Crippen LogP contribution in [0.25, 0.3) is 6.08 Å². The van der Waals surface area contributed by atoms with E-state index in [2.05, 4.69) is 0 Å². The second-order valence-electron chi connectivity index (χ2n) is 5.23. The topological polar surface area (TPSA) is 99.9 Å². The Morgan fingerprint density at radius 2 is 1.92 bits per heavy atom. The molecule has 2 aromatic carbocycles. The average molecular weight is 340 g/mol. The number of amides is 1. The summed E-state index contributed by atoms with van der Waals surface area (Å²) in [5.74, 6) is 6.06. The summed E-state index contributed by atoms with van der Waals surface area (Å²) in [6, 6.07) is 12.0. The number of allylic oxidation sites excluding steroid dienone is 1. The number of nitrogens with two attached hydrogens (primary N) is 1. The minimum Gasteiger partial charge on any atom is -0.497 e. The molecule has 0 aliphatic carbocycles. The SMILES string of the molecule is COc1ccc(C=C2Oc3cc(OCC(=O)NN)ccc3C2=O)cc1. The van der Waals surface area contributed by atoms with Gasteiger partial charge in [0.15, 0.2) is 12.4 Å². The zero-order valence-corrected chi connectivity index (χ0v) is 13.4. The number of Topliss-reactive ketones (excluding diaryl/α,β-unsaturated/α-hetero) is 1. The summed E-state index contributed by atoms with van der Waals surface area (Å²) in [5.41, 5.74) is 3.22. The van der Waals surface area contributed by atoms with Gasteiger partial charge in [0.2, 0.25) is 5.78 Å². The van der Waals surface area contributed by atoms with Crippen LogP contribution in [-0.2, 0) is 4.79 Å². The minimum absolute atomic E-state index is 0.211. The number of benzene rings is 2. The van der Waals surface area contributed by atoms with Crippen LogP contribution in [0.2, 0.25) is 0 Å². The summed E-state index contributed by atoms with van der Waals surface area (Å²) >= 11 is 0. The van der Waals surface area contributed by atoms with Gasteiger partial charge in [0.25, 0.3) is 5.91 Å². The van der Waals surface area contributed by atoms with Gasteiger partial charge in [-0.05, 0) is 35.9 Å². The summed E-state index contributed by atoms with van der Waals surface area (Å²) in [7, 11) is 1.59. The molecule has 0 saturated carbocycles. The first-order valence-corrected chi connectivity index (χ1v) is 7.45. The van der Waals surface area contributed by atoms with Gasteiger partial charge in [0.1, 0.15) is 17.2 Å². The van der Waals surface area contributed by atoms with E-state index in [1.807, 2.05) is 17.6 Å². The Labute approximate surface area is 144 Å². The van der Waals surface area contributed by atoms with Crippen LogP contribution in [-0.4, -0.2) is 25.4 Å². The van der Waals surface area contributed by atoms with E-state index < -0.39 is 5.91 Å². The molecule has 0 saturated heterocycles. The molecular weight excluding hydrogens is 324 g/mol. The lowest BCUT2D eigenvalue weighted by Gasteiger charge is -2.06. The van der Waals surface area contributed by atoms with E-state index in [-0.39, 0.29) is 18.1 Å². The maximum atomic E-state index is 12.4. The molecule has 0 aromatic heterocycles. The van der Waals surface area contributed by atoms with Crippen molar-refractivity contribution < 1.29 is 23.8 Å². The Bertz CT molecular complexity index is 843. The van der Waals surface area contributed by atoms with Gasteiger partial charge in [-0.2, -0.15) is 0 Å². The van der Waals surface area contributed by atoms with Crippen LogP contribution >= 0.6 is 0 Å². The molecule has 7 nitrogen and oxygen atoms in total. The van der Waals surface area contributed by atoms with Crippen LogP contribution in [0.4, 0.5) is 0 Å². The van der Waals surface area contributed by atoms with Crippen molar-refractivity contribution in [3.05, 3.63) is 59.4 Å². The molecule has 1 aliphatic rings. The third-order valence-electron chi connectivity index (χ3n) is 3.59. The molecule has 0 fully saturated rings. The Balaban J connectivity index is 1.77. The summed E-state index contributed by atoms with van der Waals surface area (Å²) in [6.45, 7) is -0.224. The number of carbonyl (C=O) groups is 2. The van der Waals surface area contributed by atoms with E-state index in [9.17, 15) is 9.59 Å². The number of nitrogens with one attached hydrogen (secondary N) is 1. The van der Waals surface area contributed by atoms with Crippen molar-refractivity contribution in [1.29, 1.82) is 0 Å². The molecule has 1 amide bonds. The average Bonchev–Trinajstić information content (AvgIpc) is 2.95. The summed E-state index contributed by atoms with van der Waals surface area (Å²) in [6.07, 6.45) is 1.66. The standard InChI is InChI=1S/C18H16N2O5/c1-23-12-4-2-11(3-5-12)8-16-18(22)14-7-6-13(9-15(14)25-16)24-10-17(21)20-19/h2-9H,10,19H2,1H3,(H,20,21). The van der Waals surface area contributed by atoms with Gasteiger partial charge in [-0.1, -0.05) is 12.1 Å². The maximum absolute atomic E-state index is 12.4. The van der Waals surface area contributed by atoms with Gasteiger partial charge in [0, 0.05) is 6.07 Å². The molecule has 0 atom stereocenters. The van der Waals surface area contributed by atoms with E-state index in [4.69, 9.17) is 20.1 Å². The fourth-order valence-corrected chi connectivity index (χ4v) is 2.30. The van der Waals surface area contributed by atoms with Crippen LogP contribution in [0, 0.1) is 0 Å². The van der Waals surface area contributed by atoms with E-state index >= 15 is 0 Å². The highest BCUT2D eigenvalue weighted by atomic mass is 16.5. The van der Waals surface area contributed by atoms with E-state index in [1.54, 1.807) is 43.5 Å². The number of ketones is 1. The van der Waals surface area contributed by atoms with Gasteiger partial charge in [-0.25, -0.2) is 5.84 Å². The third-order valence-corrected chi connectivity index (χ3v) is 3.59. The van der Waals surface area contributed by atoms with Gasteiger partial charge < -0.3 is 14.2 Å². The van der Waals surface area contributed by atoms with Crippen molar-refractivity contribution in [3.63, 3.8) is 0 Å². The summed E-state index contributed by atoms with van der Waals surface area (Å²) in [5, 5.41) is 0. The number of methoxy groups -OCH3 is 1. The van der Waals surface area contributed by atoms with Crippen molar-refractivity contribution in [1.82, 2.24) is 5.43 Å². The Kier molecular flexibility index (Phi) is 4.67. The molecule has 7 heteroatoms. The quantitative estimate of drug-likeness (QED) is 0.372. The molecular formula is C18H16N2O5. The molecule has 0 bridgehead atoms. The van der Waals surface area contributed by atoms with Gasteiger partial charge >= 0.3 is 0 Å². The van der Waals surface area contributed by atoms with Crippen molar-refractivity contribution in [2.24, 2.45) is 5.84 Å². The number of fused-ring (bicyclic) bond motifs is 1. The number of hydrogen-bond acceptors (Lipinski definition) is 6. The fraction of sp³-hybridized carbons (Fsp3) is 0.111. The maximum Gasteiger partial charge on any atom is 0.271 e. The zero-order chi connectivity index (χ0) is 17.8. The number of carbonyl (C=O) groups excluding carboxylic acids is 2. The number of hydrazine groups is 1. The molecule has 0 radical (unpaired) electrons. The first-order chi connectivity index (χ1) is 12.1. The number of hydrogen-bond donors (Lipinski definition) is 2. The van der Waals surface area contributed by atoms with Crippen molar-refractivity contribution in [3.8, 4) is 17.2 Å². The van der Waals surface area contributed by atoms with E-state index in [1.165, 1.54) is 0 Å².